The summed E-state index contributed by atoms with van der Waals surface area (Å²) in [6, 6.07) is 4.92. The first-order chi connectivity index (χ1) is 7.99. The number of halogens is 3. The minimum atomic E-state index is -0.286. The van der Waals surface area contributed by atoms with Gasteiger partial charge in [-0.1, -0.05) is 19.9 Å². The molecule has 0 spiro atoms. The van der Waals surface area contributed by atoms with E-state index in [2.05, 4.69) is 40.1 Å². The zero-order chi connectivity index (χ0) is 12.8. The zero-order valence-corrected chi connectivity index (χ0v) is 14.3. The molecular formula is C12H18BrFIN3. The van der Waals surface area contributed by atoms with Crippen LogP contribution in [0.2, 0.25) is 0 Å². The van der Waals surface area contributed by atoms with Crippen LogP contribution in [0.4, 0.5) is 4.39 Å². The van der Waals surface area contributed by atoms with E-state index < -0.39 is 0 Å². The summed E-state index contributed by atoms with van der Waals surface area (Å²) in [6.45, 7) is 5.33. The summed E-state index contributed by atoms with van der Waals surface area (Å²) in [4.78, 5) is 4.14. The smallest absolute Gasteiger partial charge is 0.188 e. The summed E-state index contributed by atoms with van der Waals surface area (Å²) in [5.41, 5.74) is 6.47. The van der Waals surface area contributed by atoms with Gasteiger partial charge in [0.25, 0.3) is 0 Å². The number of hydrogen-bond donors (Lipinski definition) is 2. The van der Waals surface area contributed by atoms with Gasteiger partial charge in [0, 0.05) is 6.54 Å². The Morgan fingerprint density at radius 2 is 2.17 bits per heavy atom. The molecule has 0 aromatic heterocycles. The van der Waals surface area contributed by atoms with Crippen molar-refractivity contribution in [2.45, 2.75) is 20.4 Å². The van der Waals surface area contributed by atoms with Gasteiger partial charge in [-0.3, -0.25) is 0 Å². The predicted molar refractivity (Wildman–Crippen MR) is 87.7 cm³/mol. The molecule has 1 rings (SSSR count). The lowest BCUT2D eigenvalue weighted by Crippen LogP contribution is -2.34. The van der Waals surface area contributed by atoms with Crippen molar-refractivity contribution in [3.05, 3.63) is 34.1 Å². The van der Waals surface area contributed by atoms with E-state index in [0.717, 1.165) is 12.1 Å². The summed E-state index contributed by atoms with van der Waals surface area (Å²) in [6.07, 6.45) is 0. The fourth-order valence-corrected chi connectivity index (χ4v) is 1.43. The van der Waals surface area contributed by atoms with Gasteiger partial charge in [0.15, 0.2) is 5.96 Å². The van der Waals surface area contributed by atoms with Gasteiger partial charge in [-0.2, -0.15) is 0 Å². The van der Waals surface area contributed by atoms with E-state index in [4.69, 9.17) is 5.73 Å². The molecule has 0 bridgehead atoms. The largest absolute Gasteiger partial charge is 0.370 e. The minimum absolute atomic E-state index is 0. The molecule has 1 aromatic carbocycles. The molecule has 0 heterocycles. The van der Waals surface area contributed by atoms with E-state index in [1.165, 1.54) is 6.07 Å². The first-order valence-corrected chi connectivity index (χ1v) is 6.26. The first kappa shape index (κ1) is 17.6. The molecular weight excluding hydrogens is 412 g/mol. The van der Waals surface area contributed by atoms with Crippen LogP contribution in [0.15, 0.2) is 27.7 Å². The molecule has 0 unspecified atom stereocenters. The van der Waals surface area contributed by atoms with Gasteiger partial charge in [-0.15, -0.1) is 24.0 Å². The van der Waals surface area contributed by atoms with Crippen molar-refractivity contribution in [1.82, 2.24) is 5.32 Å². The Labute approximate surface area is 133 Å². The highest BCUT2D eigenvalue weighted by Crippen LogP contribution is 2.16. The Morgan fingerprint density at radius 3 is 2.72 bits per heavy atom. The van der Waals surface area contributed by atoms with Crippen LogP contribution in [0.5, 0.6) is 0 Å². The number of hydrogen-bond acceptors (Lipinski definition) is 1. The van der Waals surface area contributed by atoms with Gasteiger partial charge < -0.3 is 11.1 Å². The predicted octanol–water partition coefficient (Wildman–Crippen LogP) is 3.27. The van der Waals surface area contributed by atoms with Crippen LogP contribution >= 0.6 is 39.9 Å². The third kappa shape index (κ3) is 6.53. The molecule has 0 aliphatic heterocycles. The average Bonchev–Trinajstić information content (AvgIpc) is 2.28. The van der Waals surface area contributed by atoms with Crippen LogP contribution in [0.25, 0.3) is 0 Å². The summed E-state index contributed by atoms with van der Waals surface area (Å²) in [7, 11) is 0. The monoisotopic (exact) mass is 429 g/mol. The lowest BCUT2D eigenvalue weighted by molar-refractivity contribution is 0.617. The molecule has 0 saturated carbocycles. The molecule has 0 fully saturated rings. The van der Waals surface area contributed by atoms with Gasteiger partial charge in [0.1, 0.15) is 5.82 Å². The molecule has 0 saturated heterocycles. The Hall–Kier alpha value is -0.370. The number of guanidine groups is 1. The second-order valence-electron chi connectivity index (χ2n) is 4.22. The van der Waals surface area contributed by atoms with Crippen LogP contribution < -0.4 is 11.1 Å². The van der Waals surface area contributed by atoms with E-state index in [-0.39, 0.29) is 29.8 Å². The third-order valence-corrected chi connectivity index (χ3v) is 2.75. The Kier molecular flexibility index (Phi) is 8.51. The quantitative estimate of drug-likeness (QED) is 0.438. The fraction of sp³-hybridized carbons (Fsp3) is 0.417. The van der Waals surface area contributed by atoms with E-state index in [0.29, 0.717) is 22.9 Å². The lowest BCUT2D eigenvalue weighted by Gasteiger charge is -2.07. The van der Waals surface area contributed by atoms with Crippen molar-refractivity contribution in [1.29, 1.82) is 0 Å². The molecule has 3 N–H and O–H groups in total. The molecule has 18 heavy (non-hydrogen) atoms. The van der Waals surface area contributed by atoms with Gasteiger partial charge in [-0.05, 0) is 39.5 Å². The van der Waals surface area contributed by atoms with E-state index >= 15 is 0 Å². The molecule has 0 atom stereocenters. The fourth-order valence-electron chi connectivity index (χ4n) is 1.18. The Balaban J connectivity index is 0.00000289. The number of rotatable bonds is 4. The molecule has 102 valence electrons. The van der Waals surface area contributed by atoms with Gasteiger partial charge in [-0.25, -0.2) is 9.38 Å². The highest BCUT2D eigenvalue weighted by Gasteiger charge is 2.00. The SMILES string of the molecule is CC(C)CNC(N)=NCc1ccc(Br)c(F)c1.I. The number of benzene rings is 1. The van der Waals surface area contributed by atoms with Gasteiger partial charge in [0.2, 0.25) is 0 Å². The molecule has 0 amide bonds. The van der Waals surface area contributed by atoms with Crippen LogP contribution in [0.3, 0.4) is 0 Å². The van der Waals surface area contributed by atoms with Crippen molar-refractivity contribution < 1.29 is 4.39 Å². The third-order valence-electron chi connectivity index (χ3n) is 2.11. The average molecular weight is 430 g/mol. The van der Waals surface area contributed by atoms with Crippen LogP contribution in [0, 0.1) is 11.7 Å². The van der Waals surface area contributed by atoms with Crippen LogP contribution in [-0.2, 0) is 6.54 Å². The van der Waals surface area contributed by atoms with Gasteiger partial charge >= 0.3 is 0 Å². The van der Waals surface area contributed by atoms with Crippen molar-refractivity contribution >= 4 is 45.9 Å². The minimum Gasteiger partial charge on any atom is -0.370 e. The molecule has 0 aliphatic carbocycles. The lowest BCUT2D eigenvalue weighted by atomic mass is 10.2. The Bertz CT molecular complexity index is 410. The molecule has 0 radical (unpaired) electrons. The molecule has 3 nitrogen and oxygen atoms in total. The highest BCUT2D eigenvalue weighted by molar-refractivity contribution is 14.0. The number of nitrogens with zero attached hydrogens (tertiary/aromatic N) is 1. The molecule has 0 aliphatic rings. The molecule has 6 heteroatoms. The van der Waals surface area contributed by atoms with Crippen molar-refractivity contribution in [2.75, 3.05) is 6.54 Å². The van der Waals surface area contributed by atoms with Gasteiger partial charge in [0.05, 0.1) is 11.0 Å². The number of nitrogens with two attached hydrogens (primary N) is 1. The maximum Gasteiger partial charge on any atom is 0.188 e. The van der Waals surface area contributed by atoms with Crippen molar-refractivity contribution in [3.8, 4) is 0 Å². The van der Waals surface area contributed by atoms with E-state index in [1.54, 1.807) is 6.07 Å². The Morgan fingerprint density at radius 1 is 1.50 bits per heavy atom. The first-order valence-electron chi connectivity index (χ1n) is 5.46. The standard InChI is InChI=1S/C12H17BrFN3.HI/c1-8(2)6-16-12(15)17-7-9-3-4-10(13)11(14)5-9;/h3-5,8H,6-7H2,1-2H3,(H3,15,16,17);1H. The zero-order valence-electron chi connectivity index (χ0n) is 10.4. The highest BCUT2D eigenvalue weighted by atomic mass is 127. The summed E-state index contributed by atoms with van der Waals surface area (Å²) in [5, 5.41) is 3.00. The second kappa shape index (κ2) is 8.68. The normalized spacial score (nSPS) is 11.3. The number of nitrogens with one attached hydrogen (secondary N) is 1. The summed E-state index contributed by atoms with van der Waals surface area (Å²) in [5.74, 6) is 0.613. The maximum atomic E-state index is 13.2. The van der Waals surface area contributed by atoms with Crippen LogP contribution in [0.1, 0.15) is 19.4 Å². The van der Waals surface area contributed by atoms with Crippen LogP contribution in [-0.4, -0.2) is 12.5 Å². The second-order valence-corrected chi connectivity index (χ2v) is 5.08. The maximum absolute atomic E-state index is 13.2. The van der Waals surface area contributed by atoms with Crippen molar-refractivity contribution in [2.24, 2.45) is 16.6 Å². The summed E-state index contributed by atoms with van der Waals surface area (Å²) >= 11 is 3.10. The topological polar surface area (TPSA) is 50.4 Å². The molecule has 1 aromatic rings. The van der Waals surface area contributed by atoms with E-state index in [9.17, 15) is 4.39 Å². The van der Waals surface area contributed by atoms with E-state index in [1.807, 2.05) is 6.07 Å². The summed E-state index contributed by atoms with van der Waals surface area (Å²) < 4.78 is 13.7. The number of aliphatic imine (C=N–C) groups is 1. The van der Waals surface area contributed by atoms with Crippen molar-refractivity contribution in [3.63, 3.8) is 0 Å².